The van der Waals surface area contributed by atoms with Crippen LogP contribution in [0.2, 0.25) is 0 Å². The number of rotatable bonds is 38. The second-order valence-electron chi connectivity index (χ2n) is 36.0. The summed E-state index contributed by atoms with van der Waals surface area (Å²) in [6.45, 7) is -6.95. The zero-order chi connectivity index (χ0) is 105. The lowest BCUT2D eigenvalue weighted by atomic mass is 9.93. The van der Waals surface area contributed by atoms with E-state index in [9.17, 15) is 177 Å². The van der Waals surface area contributed by atoms with Gasteiger partial charge in [0.05, 0.1) is 72.7 Å². The van der Waals surface area contributed by atoms with Crippen molar-refractivity contribution in [2.75, 3.05) is 72.7 Å². The molecule has 0 bridgehead atoms. The van der Waals surface area contributed by atoms with Crippen LogP contribution in [0.4, 0.5) is 0 Å². The van der Waals surface area contributed by atoms with Crippen LogP contribution in [0.25, 0.3) is 0 Å². The molecule has 0 aromatic carbocycles. The van der Waals surface area contributed by atoms with Gasteiger partial charge < -0.3 is 280 Å². The third-order valence-corrected chi connectivity index (χ3v) is 25.8. The number of aliphatic hydroxyl groups excluding tert-OH is 28. The maximum atomic E-state index is 13.7. The van der Waals surface area contributed by atoms with Crippen LogP contribution in [0, 0.1) is 0 Å². The van der Waals surface area contributed by atoms with Crippen LogP contribution in [0.3, 0.4) is 0 Å². The van der Waals surface area contributed by atoms with Gasteiger partial charge in [-0.25, -0.2) is 0 Å². The smallest absolute Gasteiger partial charge is 0.217 e. The minimum atomic E-state index is -2.90. The monoisotopic (exact) mass is 2090 g/mol. The maximum absolute atomic E-state index is 13.7. The van der Waals surface area contributed by atoms with Crippen molar-refractivity contribution in [2.45, 2.75) is 386 Å². The molecule has 11 rings (SSSR count). The molecule has 63 heteroatoms. The number of carbonyl (C=O) groups excluding carboxylic acids is 7. The molecule has 11 fully saturated rings. The first-order valence-corrected chi connectivity index (χ1v) is 45.6. The molecule has 824 valence electrons. The average Bonchev–Trinajstić information content (AvgIpc) is 0.746. The van der Waals surface area contributed by atoms with Crippen molar-refractivity contribution in [2.24, 2.45) is 0 Å². The van der Waals surface area contributed by atoms with E-state index in [2.05, 4.69) is 37.2 Å². The van der Waals surface area contributed by atoms with Gasteiger partial charge in [0, 0.05) is 48.5 Å². The molecule has 143 heavy (non-hydrogen) atoms. The second-order valence-corrected chi connectivity index (χ2v) is 36.0. The van der Waals surface area contributed by atoms with E-state index < -0.39 is 451 Å². The molecule has 7 amide bonds. The van der Waals surface area contributed by atoms with Crippen molar-refractivity contribution in [3.63, 3.8) is 0 Å². The first-order chi connectivity index (χ1) is 67.6. The molecule has 0 radical (unpaired) electrons. The average molecular weight is 2090 g/mol. The van der Waals surface area contributed by atoms with Crippen LogP contribution in [0.1, 0.15) is 48.5 Å². The van der Waals surface area contributed by atoms with Crippen LogP contribution in [0.15, 0.2) is 0 Å². The Bertz CT molecular complexity index is 4050. The molecule has 11 heterocycles. The van der Waals surface area contributed by atoms with Crippen LogP contribution in [-0.4, -0.2) is 594 Å². The zero-order valence-electron chi connectivity index (χ0n) is 77.5. The highest BCUT2D eigenvalue weighted by Crippen LogP contribution is 2.43. The summed E-state index contributed by atoms with van der Waals surface area (Å²) in [7, 11) is 0. The molecule has 0 unspecified atom stereocenters. The van der Waals surface area contributed by atoms with Crippen LogP contribution < -0.4 is 37.2 Å². The lowest BCUT2D eigenvalue weighted by Crippen LogP contribution is -2.72. The minimum absolute atomic E-state index is 0.853. The fraction of sp³-hybridized carbons (Fsp3) is 0.912. The lowest BCUT2D eigenvalue weighted by Gasteiger charge is -2.53. The Morgan fingerprint density at radius 2 is 0.406 bits per heavy atom. The number of amides is 7. The Hall–Kier alpha value is -5.67. The van der Waals surface area contributed by atoms with E-state index in [0.717, 1.165) is 48.5 Å². The Labute approximate surface area is 810 Å². The number of hydrogen-bond donors (Lipinski definition) is 35. The summed E-state index contributed by atoms with van der Waals surface area (Å²) >= 11 is 0. The van der Waals surface area contributed by atoms with E-state index in [-0.39, 0.29) is 0 Å². The van der Waals surface area contributed by atoms with Gasteiger partial charge >= 0.3 is 0 Å². The summed E-state index contributed by atoms with van der Waals surface area (Å²) < 4.78 is 130. The van der Waals surface area contributed by atoms with Crippen LogP contribution >= 0.6 is 0 Å². The van der Waals surface area contributed by atoms with Crippen molar-refractivity contribution in [3.8, 4) is 0 Å². The van der Waals surface area contributed by atoms with Crippen LogP contribution in [0.5, 0.6) is 0 Å². The molecule has 0 saturated carbocycles. The molecule has 0 aromatic heterocycles. The van der Waals surface area contributed by atoms with E-state index in [0.29, 0.717) is 0 Å². The SMILES string of the molecule is CC(=O)N[C@@H]1[C@@H](O)[C@H](O[C@@H]2O[C@H](CO)[C@@H](O[C@@H]3O[C@H](CO[C@H]4O[C@H](CO[C@@H]5O[C@H](CO)[C@@H](O[C@@H]6O[C@H](CO)[C@H](O)[C@H](O)[C@H]6O)[C@@H](O)[C@H]5NC(C)=O)[C@@H](O)[C@H](O)[C@@H]4O[C@@H]4O[C@H](CO)[C@@H](O)[C@H](O)[C@H]4NC(C)=O)[C@@H](O[C@@H]4O[C@H](CO)[C@@H](O)[C@H](O)[C@H]4NC(C)=O)[C@H](O[C@H]4O[C@H](CO)[C@@H](O[C@@H]5O[C@H](CO)[C@@H](O)[C@H](O)[C@H]5NC(C)=O)[C@H](O)[C@@H]4O[C@@H]4O[C@H](CO)[C@@H](O)[C@H](O)[C@H]4NC(C)=O)[C@@H]3O)[C@H](O)[C@H]2NC(C)=O)[C@@H](CO)O[C@H]1O. The molecule has 35 N–H and O–H groups in total. The largest absolute Gasteiger partial charge is 0.394 e. The normalized spacial score (nSPS) is 47.3. The Kier molecular flexibility index (Phi) is 42.7. The number of hydrogen-bond acceptors (Lipinski definition) is 56. The van der Waals surface area contributed by atoms with Gasteiger partial charge in [0.1, 0.15) is 268 Å². The topological polar surface area (TPSA) is 964 Å². The van der Waals surface area contributed by atoms with Crippen LogP contribution in [-0.2, 0) is 133 Å². The highest BCUT2D eigenvalue weighted by molar-refractivity contribution is 5.75. The van der Waals surface area contributed by atoms with E-state index >= 15 is 0 Å². The van der Waals surface area contributed by atoms with Gasteiger partial charge in [0.25, 0.3) is 0 Å². The van der Waals surface area contributed by atoms with E-state index in [1.165, 1.54) is 0 Å². The van der Waals surface area contributed by atoms with Crippen molar-refractivity contribution in [1.29, 1.82) is 0 Å². The number of nitrogens with one attached hydrogen (secondary N) is 7. The Morgan fingerprint density at radius 3 is 0.769 bits per heavy atom. The third-order valence-electron chi connectivity index (χ3n) is 25.8. The molecule has 11 aliphatic rings. The summed E-state index contributed by atoms with van der Waals surface area (Å²) in [5.74, 6) is -6.86. The molecular formula is C80H133N7O56. The van der Waals surface area contributed by atoms with Gasteiger partial charge in [-0.2, -0.15) is 0 Å². The molecule has 63 nitrogen and oxygen atoms in total. The fourth-order valence-corrected chi connectivity index (χ4v) is 18.5. The van der Waals surface area contributed by atoms with Gasteiger partial charge in [-0.05, 0) is 0 Å². The standard InChI is InChI=1S/C80H133N7O56/c1-19(97)81-37-54(114)62(31(13-93)125-70(37)122)136-76-43(87-25(7)103)56(116)64(33(15-95)132-76)139-78-61(121)67(141-80-69(143-75-41(85-23(5)101)53(113)47(107)29(11-91)129-75)60(120)65(34(16-96)133-80)137-72-38(82-20(2)98)50(110)44(104)26(8-88)126-72)66(140-73-39(83-21(3)99)51(111)45(105)27(9-89)127-73)36(135-78)18-124-79-68(142-74-40(84-22(4)100)52(112)46(106)28(10-90)128-74)58(118)49(109)35(134-79)17-123-71-42(86-24(6)102)55(115)63(32(14-94)131-71)138-77-59(119)57(117)48(108)30(12-92)130-77/h26-80,88-96,104-122H,8-18H2,1-7H3,(H,81,97)(H,82,98)(H,83,99)(H,84,100)(H,85,101)(H,86,102)(H,87,103)/t26-,27-,28-,29-,30-,31-,32-,33-,34-,35-,36-,37-,38-,39-,40-,41-,42-,43-,44-,45-,46-,47-,48+,49-,50-,51-,52-,53-,54-,55+,56-,57+,58+,59-,60+,61+,62-,63-,64-,65-,66-,67-,68+,69+,70-,71-,72+,73+,74+,75+,76+,77+,78+,79+,80-/m1/s1. The lowest BCUT2D eigenvalue weighted by molar-refractivity contribution is -0.412. The molecule has 0 spiro atoms. The number of carbonyl (C=O) groups is 7. The molecule has 55 atom stereocenters. The zero-order valence-corrected chi connectivity index (χ0v) is 77.5. The fourth-order valence-electron chi connectivity index (χ4n) is 18.5. The first kappa shape index (κ1) is 118. The molecule has 11 aliphatic heterocycles. The minimum Gasteiger partial charge on any atom is -0.394 e. The molecule has 0 aliphatic carbocycles. The van der Waals surface area contributed by atoms with Crippen molar-refractivity contribution in [3.05, 3.63) is 0 Å². The predicted molar refractivity (Wildman–Crippen MR) is 444 cm³/mol. The third kappa shape index (κ3) is 26.9. The van der Waals surface area contributed by atoms with Crippen molar-refractivity contribution in [1.82, 2.24) is 37.2 Å². The molecule has 0 aromatic rings. The number of ether oxygens (including phenoxy) is 21. The first-order valence-electron chi connectivity index (χ1n) is 45.6. The second kappa shape index (κ2) is 51.9. The Morgan fingerprint density at radius 1 is 0.182 bits per heavy atom. The quantitative estimate of drug-likeness (QED) is 0.0273. The van der Waals surface area contributed by atoms with Gasteiger partial charge in [0.15, 0.2) is 69.2 Å². The van der Waals surface area contributed by atoms with Crippen molar-refractivity contribution >= 4 is 41.4 Å². The highest BCUT2D eigenvalue weighted by atomic mass is 16.8. The molecule has 11 saturated heterocycles. The van der Waals surface area contributed by atoms with Gasteiger partial charge in [-0.15, -0.1) is 0 Å². The molecular weight excluding hydrogens is 1950 g/mol. The summed E-state index contributed by atoms with van der Waals surface area (Å²) in [4.78, 5) is 91.4. The summed E-state index contributed by atoms with van der Waals surface area (Å²) in [6.07, 6.45) is -107. The maximum Gasteiger partial charge on any atom is 0.217 e. The van der Waals surface area contributed by atoms with E-state index in [4.69, 9.17) is 99.5 Å². The summed E-state index contributed by atoms with van der Waals surface area (Å²) in [5.41, 5.74) is 0. The predicted octanol–water partition coefficient (Wildman–Crippen LogP) is -24.0. The van der Waals surface area contributed by atoms with E-state index in [1.54, 1.807) is 0 Å². The van der Waals surface area contributed by atoms with Crippen molar-refractivity contribution < 1.29 is 276 Å². The highest BCUT2D eigenvalue weighted by Gasteiger charge is 2.64. The summed E-state index contributed by atoms with van der Waals surface area (Å²) in [6, 6.07) is -13.8. The van der Waals surface area contributed by atoms with E-state index in [1.807, 2.05) is 0 Å². The Balaban J connectivity index is 1.07. The number of aliphatic hydroxyl groups is 28. The van der Waals surface area contributed by atoms with Gasteiger partial charge in [-0.3, -0.25) is 33.6 Å². The van der Waals surface area contributed by atoms with Gasteiger partial charge in [0.2, 0.25) is 41.4 Å². The van der Waals surface area contributed by atoms with Gasteiger partial charge in [-0.1, -0.05) is 0 Å². The summed E-state index contributed by atoms with van der Waals surface area (Å²) in [5, 5.41) is 337.